The molecule has 0 fully saturated rings. The number of hydrogen-bond donors (Lipinski definition) is 2. The summed E-state index contributed by atoms with van der Waals surface area (Å²) in [4.78, 5) is 3.62. The molecule has 0 aliphatic carbocycles. The first-order chi connectivity index (χ1) is 11.7. The zero-order chi connectivity index (χ0) is 16.7. The third-order valence-corrected chi connectivity index (χ3v) is 4.85. The van der Waals surface area contributed by atoms with Crippen molar-refractivity contribution in [3.05, 3.63) is 58.8 Å². The van der Waals surface area contributed by atoms with Gasteiger partial charge in [-0.15, -0.1) is 0 Å². The highest BCUT2D eigenvalue weighted by Crippen LogP contribution is 2.40. The van der Waals surface area contributed by atoms with Gasteiger partial charge in [0.15, 0.2) is 11.5 Å². The number of H-pyrrole nitrogens is 1. The molecule has 2 aromatic carbocycles. The van der Waals surface area contributed by atoms with Crippen molar-refractivity contribution < 1.29 is 9.47 Å². The van der Waals surface area contributed by atoms with Gasteiger partial charge in [-0.2, -0.15) is 0 Å². The minimum absolute atomic E-state index is 0.0755. The normalized spacial score (nSPS) is 16.9. The lowest BCUT2D eigenvalue weighted by molar-refractivity contribution is 0.348. The fourth-order valence-electron chi connectivity index (χ4n) is 3.75. The smallest absolute Gasteiger partial charge is 0.165 e. The minimum Gasteiger partial charge on any atom is -0.493 e. The monoisotopic (exact) mass is 322 g/mol. The average Bonchev–Trinajstić information content (AvgIpc) is 2.98. The van der Waals surface area contributed by atoms with Gasteiger partial charge >= 0.3 is 0 Å². The summed E-state index contributed by atoms with van der Waals surface area (Å²) in [7, 11) is 3.37. The Morgan fingerprint density at radius 1 is 1.08 bits per heavy atom. The molecule has 4 rings (SSSR count). The minimum atomic E-state index is 0.0755. The summed E-state index contributed by atoms with van der Waals surface area (Å²) in [5, 5.41) is 4.96. The topological polar surface area (TPSA) is 46.3 Å². The first kappa shape index (κ1) is 15.1. The molecule has 0 amide bonds. The fourth-order valence-corrected chi connectivity index (χ4v) is 3.75. The number of aryl methyl sites for hydroxylation is 1. The van der Waals surface area contributed by atoms with E-state index >= 15 is 0 Å². The van der Waals surface area contributed by atoms with Crippen LogP contribution in [0.5, 0.6) is 11.5 Å². The summed E-state index contributed by atoms with van der Waals surface area (Å²) >= 11 is 0. The van der Waals surface area contributed by atoms with E-state index in [-0.39, 0.29) is 6.04 Å². The molecular weight excluding hydrogens is 300 g/mol. The fraction of sp³-hybridized carbons (Fsp3) is 0.300. The largest absolute Gasteiger partial charge is 0.493 e. The lowest BCUT2D eigenvalue weighted by Gasteiger charge is -2.26. The molecule has 24 heavy (non-hydrogen) atoms. The Labute approximate surface area is 141 Å². The van der Waals surface area contributed by atoms with Gasteiger partial charge < -0.3 is 19.8 Å². The number of aromatic amines is 1. The summed E-state index contributed by atoms with van der Waals surface area (Å²) in [6, 6.07) is 12.7. The third kappa shape index (κ3) is 2.26. The molecule has 124 valence electrons. The molecule has 1 aliphatic heterocycles. The Morgan fingerprint density at radius 2 is 1.96 bits per heavy atom. The van der Waals surface area contributed by atoms with Crippen LogP contribution < -0.4 is 14.8 Å². The number of benzene rings is 2. The van der Waals surface area contributed by atoms with E-state index in [2.05, 4.69) is 41.5 Å². The van der Waals surface area contributed by atoms with Gasteiger partial charge in [-0.1, -0.05) is 23.8 Å². The van der Waals surface area contributed by atoms with E-state index in [4.69, 9.17) is 9.47 Å². The second kappa shape index (κ2) is 5.87. The molecule has 0 saturated heterocycles. The highest BCUT2D eigenvalue weighted by atomic mass is 16.5. The highest BCUT2D eigenvalue weighted by molar-refractivity contribution is 5.86. The number of nitrogens with one attached hydrogen (secondary N) is 2. The first-order valence-electron chi connectivity index (χ1n) is 8.28. The van der Waals surface area contributed by atoms with Crippen LogP contribution in [0, 0.1) is 6.92 Å². The zero-order valence-electron chi connectivity index (χ0n) is 14.3. The van der Waals surface area contributed by atoms with Crippen LogP contribution in [0.25, 0.3) is 10.9 Å². The lowest BCUT2D eigenvalue weighted by Crippen LogP contribution is -2.30. The Kier molecular flexibility index (Phi) is 3.69. The number of fused-ring (bicyclic) bond motifs is 3. The van der Waals surface area contributed by atoms with Gasteiger partial charge in [0.1, 0.15) is 0 Å². The van der Waals surface area contributed by atoms with Gasteiger partial charge in [0.2, 0.25) is 0 Å². The van der Waals surface area contributed by atoms with Crippen molar-refractivity contribution >= 4 is 10.9 Å². The van der Waals surface area contributed by atoms with E-state index in [1.54, 1.807) is 14.2 Å². The van der Waals surface area contributed by atoms with Crippen LogP contribution >= 0.6 is 0 Å². The number of hydrogen-bond acceptors (Lipinski definition) is 3. The Balaban J connectivity index is 1.90. The molecule has 4 heteroatoms. The van der Waals surface area contributed by atoms with E-state index in [0.29, 0.717) is 0 Å². The number of para-hydroxylation sites is 1. The van der Waals surface area contributed by atoms with E-state index in [1.165, 1.54) is 27.7 Å². The second-order valence-corrected chi connectivity index (χ2v) is 6.29. The summed E-state index contributed by atoms with van der Waals surface area (Å²) in [6.45, 7) is 3.08. The van der Waals surface area contributed by atoms with Gasteiger partial charge in [-0.25, -0.2) is 0 Å². The van der Waals surface area contributed by atoms with Crippen LogP contribution in [-0.2, 0) is 6.42 Å². The van der Waals surface area contributed by atoms with Gasteiger partial charge in [0.25, 0.3) is 0 Å². The van der Waals surface area contributed by atoms with Crippen molar-refractivity contribution in [3.63, 3.8) is 0 Å². The maximum absolute atomic E-state index is 5.65. The molecule has 2 heterocycles. The SMILES string of the molecule is COc1cccc(C2NCCc3c2[nH]c2ccc(C)cc32)c1OC. The molecule has 0 saturated carbocycles. The lowest BCUT2D eigenvalue weighted by atomic mass is 9.93. The van der Waals surface area contributed by atoms with E-state index in [1.807, 2.05) is 12.1 Å². The summed E-state index contributed by atoms with van der Waals surface area (Å²) in [5.74, 6) is 1.55. The maximum atomic E-state index is 5.65. The summed E-state index contributed by atoms with van der Waals surface area (Å²) < 4.78 is 11.1. The van der Waals surface area contributed by atoms with Crippen molar-refractivity contribution in [2.75, 3.05) is 20.8 Å². The molecular formula is C20H22N2O2. The highest BCUT2D eigenvalue weighted by Gasteiger charge is 2.28. The first-order valence-corrected chi connectivity index (χ1v) is 8.28. The van der Waals surface area contributed by atoms with Crippen molar-refractivity contribution in [2.45, 2.75) is 19.4 Å². The number of ether oxygens (including phenoxy) is 2. The molecule has 4 nitrogen and oxygen atoms in total. The van der Waals surface area contributed by atoms with E-state index < -0.39 is 0 Å². The standard InChI is InChI=1S/C20H22N2O2/c1-12-7-8-16-15(11-12)13-9-10-21-18(19(13)22-16)14-5-4-6-17(23-2)20(14)24-3/h4-8,11,18,21-22H,9-10H2,1-3H3. The molecule has 2 N–H and O–H groups in total. The molecule has 1 aromatic heterocycles. The Bertz CT molecular complexity index is 898. The predicted molar refractivity (Wildman–Crippen MR) is 96.1 cm³/mol. The van der Waals surface area contributed by atoms with Crippen molar-refractivity contribution in [1.29, 1.82) is 0 Å². The molecule has 1 atom stereocenters. The van der Waals surface area contributed by atoms with Gasteiger partial charge in [-0.05, 0) is 37.1 Å². The maximum Gasteiger partial charge on any atom is 0.165 e. The van der Waals surface area contributed by atoms with Crippen LogP contribution in [-0.4, -0.2) is 25.7 Å². The molecule has 0 bridgehead atoms. The molecule has 1 aliphatic rings. The molecule has 1 unspecified atom stereocenters. The van der Waals surface area contributed by atoms with E-state index in [9.17, 15) is 0 Å². The number of rotatable bonds is 3. The molecule has 3 aromatic rings. The van der Waals surface area contributed by atoms with Crippen LogP contribution in [0.2, 0.25) is 0 Å². The number of aromatic nitrogens is 1. The van der Waals surface area contributed by atoms with Crippen LogP contribution in [0.15, 0.2) is 36.4 Å². The quantitative estimate of drug-likeness (QED) is 0.772. The Morgan fingerprint density at radius 3 is 2.75 bits per heavy atom. The van der Waals surface area contributed by atoms with Gasteiger partial charge in [-0.3, -0.25) is 0 Å². The predicted octanol–water partition coefficient (Wildman–Crippen LogP) is 3.73. The average molecular weight is 322 g/mol. The van der Waals surface area contributed by atoms with Gasteiger partial charge in [0, 0.05) is 28.7 Å². The van der Waals surface area contributed by atoms with Crippen molar-refractivity contribution in [3.8, 4) is 11.5 Å². The zero-order valence-corrected chi connectivity index (χ0v) is 14.3. The third-order valence-electron chi connectivity index (χ3n) is 4.85. The summed E-state index contributed by atoms with van der Waals surface area (Å²) in [5.41, 5.74) is 6.22. The van der Waals surface area contributed by atoms with Crippen LogP contribution in [0.4, 0.5) is 0 Å². The van der Waals surface area contributed by atoms with Crippen molar-refractivity contribution in [2.24, 2.45) is 0 Å². The molecule has 0 spiro atoms. The number of methoxy groups -OCH3 is 2. The molecule has 0 radical (unpaired) electrons. The van der Waals surface area contributed by atoms with Gasteiger partial charge in [0.05, 0.1) is 20.3 Å². The van der Waals surface area contributed by atoms with Crippen LogP contribution in [0.3, 0.4) is 0 Å². The second-order valence-electron chi connectivity index (χ2n) is 6.29. The Hall–Kier alpha value is -2.46. The van der Waals surface area contributed by atoms with Crippen molar-refractivity contribution in [1.82, 2.24) is 10.3 Å². The summed E-state index contributed by atoms with van der Waals surface area (Å²) in [6.07, 6.45) is 1.03. The van der Waals surface area contributed by atoms with Crippen LogP contribution in [0.1, 0.15) is 28.4 Å². The van der Waals surface area contributed by atoms with E-state index in [0.717, 1.165) is 30.0 Å².